The number of rotatable bonds is 6. The summed E-state index contributed by atoms with van der Waals surface area (Å²) in [5, 5.41) is 7.14. The predicted molar refractivity (Wildman–Crippen MR) is 220 cm³/mol. The summed E-state index contributed by atoms with van der Waals surface area (Å²) in [5.74, 6) is 0. The van der Waals surface area contributed by atoms with Crippen LogP contribution in [0.25, 0.3) is 76.9 Å². The largest absolute Gasteiger partial charge is 0.456 e. The van der Waals surface area contributed by atoms with E-state index in [2.05, 4.69) is 199 Å². The van der Waals surface area contributed by atoms with Crippen LogP contribution in [0.4, 0.5) is 17.1 Å². The van der Waals surface area contributed by atoms with Gasteiger partial charge in [0, 0.05) is 27.7 Å². The smallest absolute Gasteiger partial charge is 0.136 e. The Bertz CT molecular complexity index is 2790. The van der Waals surface area contributed by atoms with E-state index in [0.717, 1.165) is 44.6 Å². The van der Waals surface area contributed by atoms with Crippen molar-refractivity contribution >= 4 is 60.5 Å². The maximum atomic E-state index is 6.55. The average Bonchev–Trinajstić information content (AvgIpc) is 3.61. The first-order valence-electron chi connectivity index (χ1n) is 17.8. The SMILES string of the molecule is c1ccc(-c2ccc(N(c3ccc(-c4ccccc4)cc3)c3ccc4oc5ccccc5c4c3-c3cccc4c3ccc3ccccc34)cc2)cc1. The molecule has 52 heavy (non-hydrogen) atoms. The summed E-state index contributed by atoms with van der Waals surface area (Å²) < 4.78 is 6.55. The van der Waals surface area contributed by atoms with Crippen molar-refractivity contribution in [1.82, 2.24) is 0 Å². The van der Waals surface area contributed by atoms with Gasteiger partial charge in [0.05, 0.1) is 5.69 Å². The van der Waals surface area contributed by atoms with Gasteiger partial charge >= 0.3 is 0 Å². The molecule has 0 saturated carbocycles. The second-order valence-electron chi connectivity index (χ2n) is 13.3. The molecule has 0 aliphatic heterocycles. The van der Waals surface area contributed by atoms with Crippen LogP contribution < -0.4 is 4.90 Å². The fourth-order valence-electron chi connectivity index (χ4n) is 7.82. The summed E-state index contributed by atoms with van der Waals surface area (Å²) in [6, 6.07) is 71.7. The van der Waals surface area contributed by atoms with Gasteiger partial charge in [0.25, 0.3) is 0 Å². The van der Waals surface area contributed by atoms with E-state index >= 15 is 0 Å². The molecule has 1 aromatic heterocycles. The van der Waals surface area contributed by atoms with Crippen molar-refractivity contribution in [3.63, 3.8) is 0 Å². The van der Waals surface area contributed by atoms with Crippen molar-refractivity contribution in [2.45, 2.75) is 0 Å². The van der Waals surface area contributed by atoms with Crippen LogP contribution in [0, 0.1) is 0 Å². The van der Waals surface area contributed by atoms with E-state index in [1.165, 1.54) is 49.4 Å². The van der Waals surface area contributed by atoms with Crippen LogP contribution in [0.1, 0.15) is 0 Å². The van der Waals surface area contributed by atoms with Crippen molar-refractivity contribution in [1.29, 1.82) is 0 Å². The molecule has 0 aliphatic rings. The average molecular weight is 664 g/mol. The molecule has 9 aromatic carbocycles. The first-order chi connectivity index (χ1) is 25.8. The number of para-hydroxylation sites is 1. The monoisotopic (exact) mass is 663 g/mol. The number of hydrogen-bond donors (Lipinski definition) is 0. The van der Waals surface area contributed by atoms with E-state index < -0.39 is 0 Å². The lowest BCUT2D eigenvalue weighted by Crippen LogP contribution is -2.11. The standard InChI is InChI=1S/C50H33NO/c1-3-12-34(13-4-1)36-22-27-39(28-23-36)51(40-29-24-37(25-30-40)35-14-5-2-6-15-35)46-32-33-48-50(45-18-9-10-21-47(45)52-48)49(46)44-20-11-19-42-41-17-8-7-16-38(41)26-31-43(42)44/h1-33H. The topological polar surface area (TPSA) is 16.4 Å². The minimum absolute atomic E-state index is 0.872. The van der Waals surface area contributed by atoms with Gasteiger partial charge in [-0.2, -0.15) is 0 Å². The number of benzene rings is 9. The minimum Gasteiger partial charge on any atom is -0.456 e. The molecule has 10 aromatic rings. The van der Waals surface area contributed by atoms with Crippen LogP contribution in [-0.2, 0) is 0 Å². The molecule has 0 bridgehead atoms. The lowest BCUT2D eigenvalue weighted by atomic mass is 9.90. The highest BCUT2D eigenvalue weighted by atomic mass is 16.3. The van der Waals surface area contributed by atoms with Gasteiger partial charge in [0.15, 0.2) is 0 Å². The third-order valence-corrected chi connectivity index (χ3v) is 10.3. The molecule has 0 fully saturated rings. The molecule has 0 N–H and O–H groups in total. The van der Waals surface area contributed by atoms with Crippen molar-refractivity contribution in [2.75, 3.05) is 4.90 Å². The molecule has 0 aliphatic carbocycles. The Hall–Kier alpha value is -6.90. The first kappa shape index (κ1) is 30.0. The van der Waals surface area contributed by atoms with Gasteiger partial charge in [-0.15, -0.1) is 0 Å². The maximum Gasteiger partial charge on any atom is 0.136 e. The van der Waals surface area contributed by atoms with Crippen molar-refractivity contribution in [2.24, 2.45) is 0 Å². The van der Waals surface area contributed by atoms with E-state index in [4.69, 9.17) is 4.42 Å². The first-order valence-corrected chi connectivity index (χ1v) is 17.8. The Labute approximate surface area is 302 Å². The molecule has 244 valence electrons. The van der Waals surface area contributed by atoms with E-state index in [-0.39, 0.29) is 0 Å². The van der Waals surface area contributed by atoms with Crippen LogP contribution in [0.2, 0.25) is 0 Å². The number of furan rings is 1. The molecular formula is C50H33NO. The highest BCUT2D eigenvalue weighted by Gasteiger charge is 2.24. The predicted octanol–water partition coefficient (Wildman–Crippen LogP) is 14.4. The molecule has 0 atom stereocenters. The molecule has 0 radical (unpaired) electrons. The molecular weight excluding hydrogens is 631 g/mol. The zero-order valence-electron chi connectivity index (χ0n) is 28.4. The fourth-order valence-corrected chi connectivity index (χ4v) is 7.82. The van der Waals surface area contributed by atoms with Crippen LogP contribution in [0.3, 0.4) is 0 Å². The Morgan fingerprint density at radius 3 is 1.56 bits per heavy atom. The summed E-state index contributed by atoms with van der Waals surface area (Å²) in [7, 11) is 0. The van der Waals surface area contributed by atoms with Crippen LogP contribution >= 0.6 is 0 Å². The number of anilines is 3. The summed E-state index contributed by atoms with van der Waals surface area (Å²) in [6.45, 7) is 0. The number of fused-ring (bicyclic) bond motifs is 6. The lowest BCUT2D eigenvalue weighted by molar-refractivity contribution is 0.669. The summed E-state index contributed by atoms with van der Waals surface area (Å²) in [4.78, 5) is 2.40. The Morgan fingerprint density at radius 1 is 0.327 bits per heavy atom. The van der Waals surface area contributed by atoms with Gasteiger partial charge < -0.3 is 9.32 Å². The fraction of sp³-hybridized carbons (Fsp3) is 0. The molecule has 2 heteroatoms. The van der Waals surface area contributed by atoms with Crippen molar-refractivity contribution < 1.29 is 4.42 Å². The van der Waals surface area contributed by atoms with Gasteiger partial charge in [0.1, 0.15) is 11.2 Å². The number of hydrogen-bond acceptors (Lipinski definition) is 2. The maximum absolute atomic E-state index is 6.55. The van der Waals surface area contributed by atoms with Gasteiger partial charge in [0.2, 0.25) is 0 Å². The highest BCUT2D eigenvalue weighted by molar-refractivity contribution is 6.21. The number of nitrogens with zero attached hydrogens (tertiary/aromatic N) is 1. The summed E-state index contributed by atoms with van der Waals surface area (Å²) in [6.07, 6.45) is 0. The zero-order chi connectivity index (χ0) is 34.4. The molecule has 0 amide bonds. The van der Waals surface area contributed by atoms with E-state index in [9.17, 15) is 0 Å². The second-order valence-corrected chi connectivity index (χ2v) is 13.3. The summed E-state index contributed by atoms with van der Waals surface area (Å²) >= 11 is 0. The second kappa shape index (κ2) is 12.5. The normalized spacial score (nSPS) is 11.5. The van der Waals surface area contributed by atoms with Crippen molar-refractivity contribution in [3.05, 3.63) is 200 Å². The van der Waals surface area contributed by atoms with E-state index in [1.54, 1.807) is 0 Å². The van der Waals surface area contributed by atoms with Gasteiger partial charge in [-0.25, -0.2) is 0 Å². The molecule has 0 saturated heterocycles. The van der Waals surface area contributed by atoms with Crippen molar-refractivity contribution in [3.8, 4) is 33.4 Å². The van der Waals surface area contributed by atoms with Gasteiger partial charge in [-0.05, 0) is 91.8 Å². The van der Waals surface area contributed by atoms with Crippen LogP contribution in [0.15, 0.2) is 205 Å². The molecule has 2 nitrogen and oxygen atoms in total. The van der Waals surface area contributed by atoms with Gasteiger partial charge in [-0.3, -0.25) is 0 Å². The molecule has 0 unspecified atom stereocenters. The van der Waals surface area contributed by atoms with Crippen LogP contribution in [-0.4, -0.2) is 0 Å². The Kier molecular flexibility index (Phi) is 7.18. The highest BCUT2D eigenvalue weighted by Crippen LogP contribution is 2.49. The quantitative estimate of drug-likeness (QED) is 0.165. The lowest BCUT2D eigenvalue weighted by Gasteiger charge is -2.29. The Morgan fingerprint density at radius 2 is 0.885 bits per heavy atom. The summed E-state index contributed by atoms with van der Waals surface area (Å²) in [5.41, 5.74) is 12.1. The molecule has 1 heterocycles. The minimum atomic E-state index is 0.872. The van der Waals surface area contributed by atoms with Crippen LogP contribution in [0.5, 0.6) is 0 Å². The Balaban J connectivity index is 1.26. The molecule has 0 spiro atoms. The van der Waals surface area contributed by atoms with Gasteiger partial charge in [-0.1, -0.05) is 158 Å². The zero-order valence-corrected chi connectivity index (χ0v) is 28.4. The third-order valence-electron chi connectivity index (χ3n) is 10.3. The van der Waals surface area contributed by atoms with E-state index in [0.29, 0.717) is 0 Å². The van der Waals surface area contributed by atoms with E-state index in [1.807, 2.05) is 6.07 Å². The third kappa shape index (κ3) is 5.04. The molecule has 10 rings (SSSR count).